The van der Waals surface area contributed by atoms with E-state index >= 15 is 0 Å². The van der Waals surface area contributed by atoms with Crippen LogP contribution in [0.4, 0.5) is 0 Å². The zero-order valence-electron chi connectivity index (χ0n) is 10.6. The number of rotatable bonds is 7. The summed E-state index contributed by atoms with van der Waals surface area (Å²) in [5.41, 5.74) is 1.87. The van der Waals surface area contributed by atoms with E-state index in [4.69, 9.17) is 9.47 Å². The van der Waals surface area contributed by atoms with Crippen molar-refractivity contribution in [3.63, 3.8) is 0 Å². The predicted molar refractivity (Wildman–Crippen MR) is 64.5 cm³/mol. The van der Waals surface area contributed by atoms with Crippen LogP contribution in [0.1, 0.15) is 25.1 Å². The maximum absolute atomic E-state index is 11.3. The van der Waals surface area contributed by atoms with Crippen molar-refractivity contribution < 1.29 is 14.3 Å². The number of hydrogen-bond donors (Lipinski definition) is 0. The molecule has 1 rings (SSSR count). The van der Waals surface area contributed by atoms with Crippen molar-refractivity contribution in [1.82, 2.24) is 4.98 Å². The van der Waals surface area contributed by atoms with Gasteiger partial charge >= 0.3 is 0 Å². The molecule has 0 saturated carbocycles. The van der Waals surface area contributed by atoms with Crippen LogP contribution in [0.2, 0.25) is 0 Å². The summed E-state index contributed by atoms with van der Waals surface area (Å²) >= 11 is 0. The molecule has 0 atom stereocenters. The van der Waals surface area contributed by atoms with Gasteiger partial charge in [0.25, 0.3) is 0 Å². The minimum Gasteiger partial charge on any atom is -0.378 e. The second-order valence-corrected chi connectivity index (χ2v) is 4.20. The highest BCUT2D eigenvalue weighted by Gasteiger charge is 2.07. The fourth-order valence-electron chi connectivity index (χ4n) is 1.28. The summed E-state index contributed by atoms with van der Waals surface area (Å²) in [6.45, 7) is 4.82. The van der Waals surface area contributed by atoms with Crippen LogP contribution in [0.5, 0.6) is 0 Å². The standard InChI is InChI=1S/C13H19NO3/c1-10(2)13(15)9-17-7-11-4-5-14-12(6-11)8-16-3/h4-6,10H,7-9H2,1-3H3. The predicted octanol–water partition coefficient (Wildman–Crippen LogP) is 1.97. The fraction of sp³-hybridized carbons (Fsp3) is 0.538. The van der Waals surface area contributed by atoms with E-state index in [-0.39, 0.29) is 18.3 Å². The molecule has 0 aliphatic heterocycles. The van der Waals surface area contributed by atoms with Crippen molar-refractivity contribution in [2.75, 3.05) is 13.7 Å². The molecule has 0 aliphatic carbocycles. The van der Waals surface area contributed by atoms with Crippen LogP contribution in [0.15, 0.2) is 18.3 Å². The number of carbonyl (C=O) groups is 1. The molecule has 0 amide bonds. The Hall–Kier alpha value is -1.26. The smallest absolute Gasteiger partial charge is 0.160 e. The highest BCUT2D eigenvalue weighted by atomic mass is 16.5. The molecule has 94 valence electrons. The molecule has 4 heteroatoms. The van der Waals surface area contributed by atoms with Crippen molar-refractivity contribution in [3.8, 4) is 0 Å². The summed E-state index contributed by atoms with van der Waals surface area (Å²) in [6, 6.07) is 3.79. The normalized spacial score (nSPS) is 10.8. The molecule has 1 aromatic rings. The number of methoxy groups -OCH3 is 1. The third-order valence-corrected chi connectivity index (χ3v) is 2.33. The first-order valence-corrected chi connectivity index (χ1v) is 5.66. The maximum atomic E-state index is 11.3. The van der Waals surface area contributed by atoms with Crippen LogP contribution in [0, 0.1) is 5.92 Å². The lowest BCUT2D eigenvalue weighted by atomic mass is 10.1. The summed E-state index contributed by atoms with van der Waals surface area (Å²) in [4.78, 5) is 15.5. The monoisotopic (exact) mass is 237 g/mol. The zero-order valence-corrected chi connectivity index (χ0v) is 10.6. The molecule has 0 fully saturated rings. The second kappa shape index (κ2) is 7.14. The van der Waals surface area contributed by atoms with E-state index in [1.54, 1.807) is 13.3 Å². The second-order valence-electron chi connectivity index (χ2n) is 4.20. The number of Topliss-reactive ketones (excluding diaryl/α,β-unsaturated/α-hetero) is 1. The molecule has 0 radical (unpaired) electrons. The Bertz CT molecular complexity index is 363. The van der Waals surface area contributed by atoms with E-state index in [2.05, 4.69) is 4.98 Å². The van der Waals surface area contributed by atoms with Crippen molar-refractivity contribution in [2.45, 2.75) is 27.1 Å². The quantitative estimate of drug-likeness (QED) is 0.727. The number of nitrogens with zero attached hydrogens (tertiary/aromatic N) is 1. The lowest BCUT2D eigenvalue weighted by Gasteiger charge is -2.07. The molecule has 1 heterocycles. The molecule has 0 aliphatic rings. The van der Waals surface area contributed by atoms with Gasteiger partial charge in [-0.2, -0.15) is 0 Å². The molecule has 0 saturated heterocycles. The van der Waals surface area contributed by atoms with Gasteiger partial charge in [-0.15, -0.1) is 0 Å². The molecule has 0 aromatic carbocycles. The Kier molecular flexibility index (Phi) is 5.80. The van der Waals surface area contributed by atoms with E-state index in [9.17, 15) is 4.79 Å². The summed E-state index contributed by atoms with van der Waals surface area (Å²) in [7, 11) is 1.63. The molecular formula is C13H19NO3. The van der Waals surface area contributed by atoms with Crippen LogP contribution in [0.3, 0.4) is 0 Å². The van der Waals surface area contributed by atoms with Gasteiger partial charge in [0.15, 0.2) is 5.78 Å². The van der Waals surface area contributed by atoms with Crippen molar-refractivity contribution in [1.29, 1.82) is 0 Å². The van der Waals surface area contributed by atoms with E-state index in [0.29, 0.717) is 13.2 Å². The summed E-state index contributed by atoms with van der Waals surface area (Å²) in [5.74, 6) is 0.146. The SMILES string of the molecule is COCc1cc(COCC(=O)C(C)C)ccn1. The minimum absolute atomic E-state index is 0.0245. The Morgan fingerprint density at radius 3 is 2.82 bits per heavy atom. The minimum atomic E-state index is 0.0245. The lowest BCUT2D eigenvalue weighted by Crippen LogP contribution is -2.14. The van der Waals surface area contributed by atoms with Gasteiger partial charge in [-0.05, 0) is 17.7 Å². The van der Waals surface area contributed by atoms with Gasteiger partial charge in [0.1, 0.15) is 6.61 Å². The average molecular weight is 237 g/mol. The van der Waals surface area contributed by atoms with E-state index in [1.165, 1.54) is 0 Å². The number of pyridine rings is 1. The Morgan fingerprint density at radius 2 is 2.18 bits per heavy atom. The number of ether oxygens (including phenoxy) is 2. The summed E-state index contributed by atoms with van der Waals surface area (Å²) < 4.78 is 10.4. The first kappa shape index (κ1) is 13.8. The third-order valence-electron chi connectivity index (χ3n) is 2.33. The van der Waals surface area contributed by atoms with E-state index in [0.717, 1.165) is 11.3 Å². The first-order chi connectivity index (χ1) is 8.13. The van der Waals surface area contributed by atoms with Crippen LogP contribution in [0.25, 0.3) is 0 Å². The molecule has 0 bridgehead atoms. The number of hydrogen-bond acceptors (Lipinski definition) is 4. The number of carbonyl (C=O) groups excluding carboxylic acids is 1. The lowest BCUT2D eigenvalue weighted by molar-refractivity contribution is -0.126. The molecule has 4 nitrogen and oxygen atoms in total. The van der Waals surface area contributed by atoms with Gasteiger partial charge in [0.2, 0.25) is 0 Å². The maximum Gasteiger partial charge on any atom is 0.160 e. The Morgan fingerprint density at radius 1 is 1.41 bits per heavy atom. The van der Waals surface area contributed by atoms with Crippen LogP contribution in [-0.2, 0) is 27.5 Å². The molecule has 1 aromatic heterocycles. The van der Waals surface area contributed by atoms with Gasteiger partial charge < -0.3 is 9.47 Å². The molecule has 17 heavy (non-hydrogen) atoms. The Labute approximate surface area is 102 Å². The largest absolute Gasteiger partial charge is 0.378 e. The van der Waals surface area contributed by atoms with Crippen molar-refractivity contribution >= 4 is 5.78 Å². The number of aromatic nitrogens is 1. The van der Waals surface area contributed by atoms with Gasteiger partial charge in [-0.3, -0.25) is 9.78 Å². The summed E-state index contributed by atoms with van der Waals surface area (Å²) in [6.07, 6.45) is 1.72. The van der Waals surface area contributed by atoms with Gasteiger partial charge in [0, 0.05) is 19.2 Å². The third kappa shape index (κ3) is 5.06. The highest BCUT2D eigenvalue weighted by molar-refractivity contribution is 5.81. The van der Waals surface area contributed by atoms with Crippen molar-refractivity contribution in [3.05, 3.63) is 29.6 Å². The molecule has 0 N–H and O–H groups in total. The summed E-state index contributed by atoms with van der Waals surface area (Å²) in [5, 5.41) is 0. The Balaban J connectivity index is 2.41. The average Bonchev–Trinajstić information content (AvgIpc) is 2.29. The van der Waals surface area contributed by atoms with Gasteiger partial charge in [-0.1, -0.05) is 13.8 Å². The zero-order chi connectivity index (χ0) is 12.7. The van der Waals surface area contributed by atoms with Gasteiger partial charge in [-0.25, -0.2) is 0 Å². The van der Waals surface area contributed by atoms with Crippen LogP contribution < -0.4 is 0 Å². The van der Waals surface area contributed by atoms with Crippen molar-refractivity contribution in [2.24, 2.45) is 5.92 Å². The number of ketones is 1. The van der Waals surface area contributed by atoms with Crippen LogP contribution in [-0.4, -0.2) is 24.5 Å². The first-order valence-electron chi connectivity index (χ1n) is 5.66. The molecular weight excluding hydrogens is 218 g/mol. The van der Waals surface area contributed by atoms with Crippen LogP contribution >= 0.6 is 0 Å². The fourth-order valence-corrected chi connectivity index (χ4v) is 1.28. The molecule has 0 unspecified atom stereocenters. The van der Waals surface area contributed by atoms with E-state index < -0.39 is 0 Å². The highest BCUT2D eigenvalue weighted by Crippen LogP contribution is 2.05. The van der Waals surface area contributed by atoms with Gasteiger partial charge in [0.05, 0.1) is 18.9 Å². The topological polar surface area (TPSA) is 48.4 Å². The van der Waals surface area contributed by atoms with E-state index in [1.807, 2.05) is 26.0 Å². The molecule has 0 spiro atoms.